The van der Waals surface area contributed by atoms with E-state index in [1.807, 2.05) is 13.1 Å². The lowest BCUT2D eigenvalue weighted by Crippen LogP contribution is -3.08. The molecular formula is C16H16Cl2FN2O+. The van der Waals surface area contributed by atoms with Crippen LogP contribution in [0.4, 0.5) is 10.1 Å². The fraction of sp³-hybridized carbons (Fsp3) is 0.188. The first-order chi connectivity index (χ1) is 10.5. The predicted molar refractivity (Wildman–Crippen MR) is 86.9 cm³/mol. The summed E-state index contributed by atoms with van der Waals surface area (Å²) in [4.78, 5) is 13.0. The second kappa shape index (κ2) is 7.58. The number of carbonyl (C=O) groups excluding carboxylic acids is 1. The number of rotatable bonds is 5. The molecule has 0 radical (unpaired) electrons. The lowest BCUT2D eigenvalue weighted by atomic mass is 10.2. The summed E-state index contributed by atoms with van der Waals surface area (Å²) in [5.74, 6) is -0.485. The van der Waals surface area contributed by atoms with Gasteiger partial charge in [0.1, 0.15) is 12.4 Å². The van der Waals surface area contributed by atoms with E-state index in [4.69, 9.17) is 23.2 Å². The van der Waals surface area contributed by atoms with Crippen LogP contribution in [0.5, 0.6) is 0 Å². The van der Waals surface area contributed by atoms with Crippen molar-refractivity contribution in [3.8, 4) is 0 Å². The van der Waals surface area contributed by atoms with Gasteiger partial charge in [-0.15, -0.1) is 0 Å². The van der Waals surface area contributed by atoms with Crippen LogP contribution in [0, 0.1) is 5.82 Å². The maximum Gasteiger partial charge on any atom is 0.279 e. The van der Waals surface area contributed by atoms with Crippen LogP contribution in [-0.4, -0.2) is 19.5 Å². The first kappa shape index (κ1) is 16.7. The Bertz CT molecular complexity index is 659. The Kier molecular flexibility index (Phi) is 5.77. The van der Waals surface area contributed by atoms with Crippen molar-refractivity contribution < 1.29 is 14.1 Å². The number of halogens is 3. The van der Waals surface area contributed by atoms with E-state index in [1.165, 1.54) is 12.1 Å². The van der Waals surface area contributed by atoms with Crippen LogP contribution >= 0.6 is 23.2 Å². The van der Waals surface area contributed by atoms with E-state index in [-0.39, 0.29) is 18.3 Å². The molecule has 1 unspecified atom stereocenters. The van der Waals surface area contributed by atoms with Crippen molar-refractivity contribution in [3.05, 3.63) is 63.9 Å². The van der Waals surface area contributed by atoms with Crippen molar-refractivity contribution in [1.82, 2.24) is 0 Å². The van der Waals surface area contributed by atoms with Gasteiger partial charge in [0.25, 0.3) is 5.91 Å². The fourth-order valence-electron chi connectivity index (χ4n) is 2.13. The largest absolute Gasteiger partial charge is 0.326 e. The average Bonchev–Trinajstić information content (AvgIpc) is 2.43. The third-order valence-corrected chi connectivity index (χ3v) is 3.71. The van der Waals surface area contributed by atoms with Crippen molar-refractivity contribution in [1.29, 1.82) is 0 Å². The Hall–Kier alpha value is -1.62. The summed E-state index contributed by atoms with van der Waals surface area (Å²) in [6, 6.07) is 11.4. The molecule has 116 valence electrons. The minimum Gasteiger partial charge on any atom is -0.326 e. The third-order valence-electron chi connectivity index (χ3n) is 3.08. The molecule has 22 heavy (non-hydrogen) atoms. The molecule has 0 saturated carbocycles. The molecule has 0 spiro atoms. The molecule has 0 aliphatic rings. The number of hydrogen-bond donors (Lipinski definition) is 2. The van der Waals surface area contributed by atoms with E-state index in [0.717, 1.165) is 10.5 Å². The second-order valence-electron chi connectivity index (χ2n) is 5.09. The summed E-state index contributed by atoms with van der Waals surface area (Å²) in [5.41, 5.74) is 1.25. The van der Waals surface area contributed by atoms with E-state index in [2.05, 4.69) is 5.32 Å². The Morgan fingerprint density at radius 1 is 1.18 bits per heavy atom. The zero-order valence-electron chi connectivity index (χ0n) is 12.0. The summed E-state index contributed by atoms with van der Waals surface area (Å²) in [5, 5.41) is 3.49. The van der Waals surface area contributed by atoms with Crippen molar-refractivity contribution in [2.75, 3.05) is 18.9 Å². The van der Waals surface area contributed by atoms with E-state index in [0.29, 0.717) is 22.3 Å². The SMILES string of the molecule is C[NH+](CC(=O)Nc1c(Cl)cccc1Cl)Cc1cccc(F)c1. The molecule has 1 amide bonds. The summed E-state index contributed by atoms with van der Waals surface area (Å²) >= 11 is 12.0. The molecule has 6 heteroatoms. The zero-order valence-corrected chi connectivity index (χ0v) is 13.5. The number of quaternary nitrogens is 1. The van der Waals surface area contributed by atoms with Crippen molar-refractivity contribution >= 4 is 34.8 Å². The van der Waals surface area contributed by atoms with Gasteiger partial charge in [-0.05, 0) is 24.3 Å². The Morgan fingerprint density at radius 2 is 1.82 bits per heavy atom. The number of carbonyl (C=O) groups is 1. The fourth-order valence-corrected chi connectivity index (χ4v) is 2.62. The molecule has 2 aromatic carbocycles. The first-order valence-electron chi connectivity index (χ1n) is 6.75. The van der Waals surface area contributed by atoms with Crippen molar-refractivity contribution in [3.63, 3.8) is 0 Å². The molecule has 2 aromatic rings. The number of nitrogens with one attached hydrogen (secondary N) is 2. The highest BCUT2D eigenvalue weighted by molar-refractivity contribution is 6.39. The number of benzene rings is 2. The highest BCUT2D eigenvalue weighted by atomic mass is 35.5. The number of para-hydroxylation sites is 1. The molecule has 0 bridgehead atoms. The van der Waals surface area contributed by atoms with Crippen LogP contribution in [0.25, 0.3) is 0 Å². The molecular weight excluding hydrogens is 326 g/mol. The van der Waals surface area contributed by atoms with Crippen molar-refractivity contribution in [2.45, 2.75) is 6.54 Å². The van der Waals surface area contributed by atoms with Crippen LogP contribution in [-0.2, 0) is 11.3 Å². The quantitative estimate of drug-likeness (QED) is 0.861. The topological polar surface area (TPSA) is 33.5 Å². The highest BCUT2D eigenvalue weighted by Gasteiger charge is 2.14. The van der Waals surface area contributed by atoms with Crippen LogP contribution in [0.1, 0.15) is 5.56 Å². The molecule has 1 atom stereocenters. The van der Waals surface area contributed by atoms with Gasteiger partial charge in [0.05, 0.1) is 22.8 Å². The average molecular weight is 342 g/mol. The van der Waals surface area contributed by atoms with Gasteiger partial charge in [0, 0.05) is 5.56 Å². The number of amides is 1. The maximum atomic E-state index is 13.1. The van der Waals surface area contributed by atoms with Gasteiger partial charge in [-0.25, -0.2) is 4.39 Å². The third kappa shape index (κ3) is 4.70. The molecule has 0 aliphatic carbocycles. The lowest BCUT2D eigenvalue weighted by Gasteiger charge is -2.15. The van der Waals surface area contributed by atoms with Gasteiger partial charge in [-0.3, -0.25) is 4.79 Å². The molecule has 0 aromatic heterocycles. The normalized spacial score (nSPS) is 12.0. The van der Waals surface area contributed by atoms with Crippen LogP contribution in [0.3, 0.4) is 0 Å². The van der Waals surface area contributed by atoms with E-state index < -0.39 is 0 Å². The Morgan fingerprint density at radius 3 is 2.45 bits per heavy atom. The number of likely N-dealkylation sites (N-methyl/N-ethyl adjacent to an activating group) is 1. The van der Waals surface area contributed by atoms with Crippen molar-refractivity contribution in [2.24, 2.45) is 0 Å². The molecule has 0 heterocycles. The Labute approximate surface area is 138 Å². The van der Waals surface area contributed by atoms with Crippen LogP contribution in [0.2, 0.25) is 10.0 Å². The first-order valence-corrected chi connectivity index (χ1v) is 7.51. The zero-order chi connectivity index (χ0) is 16.1. The monoisotopic (exact) mass is 341 g/mol. The lowest BCUT2D eigenvalue weighted by molar-refractivity contribution is -0.885. The summed E-state index contributed by atoms with van der Waals surface area (Å²) in [7, 11) is 1.86. The van der Waals surface area contributed by atoms with Crippen LogP contribution in [0.15, 0.2) is 42.5 Å². The van der Waals surface area contributed by atoms with Gasteiger partial charge in [-0.1, -0.05) is 41.4 Å². The molecule has 2 N–H and O–H groups in total. The molecule has 0 aliphatic heterocycles. The number of hydrogen-bond acceptors (Lipinski definition) is 1. The van der Waals surface area contributed by atoms with E-state index in [9.17, 15) is 9.18 Å². The smallest absolute Gasteiger partial charge is 0.279 e. The standard InChI is InChI=1S/C16H15Cl2FN2O/c1-21(9-11-4-2-5-12(19)8-11)10-15(22)20-16-13(17)6-3-7-14(16)18/h2-8H,9-10H2,1H3,(H,20,22)/p+1. The summed E-state index contributed by atoms with van der Waals surface area (Å²) in [6.07, 6.45) is 0. The molecule has 3 nitrogen and oxygen atoms in total. The maximum absolute atomic E-state index is 13.1. The number of anilines is 1. The van der Waals surface area contributed by atoms with Crippen LogP contribution < -0.4 is 10.2 Å². The minimum atomic E-state index is -0.280. The van der Waals surface area contributed by atoms with E-state index >= 15 is 0 Å². The summed E-state index contributed by atoms with van der Waals surface area (Å²) in [6.45, 7) is 0.763. The molecule has 0 saturated heterocycles. The predicted octanol–water partition coefficient (Wildman–Crippen LogP) is 2.79. The summed E-state index contributed by atoms with van der Waals surface area (Å²) < 4.78 is 13.1. The van der Waals surface area contributed by atoms with Gasteiger partial charge < -0.3 is 10.2 Å². The minimum absolute atomic E-state index is 0.205. The van der Waals surface area contributed by atoms with E-state index in [1.54, 1.807) is 24.3 Å². The van der Waals surface area contributed by atoms with Gasteiger partial charge in [-0.2, -0.15) is 0 Å². The second-order valence-corrected chi connectivity index (χ2v) is 5.90. The van der Waals surface area contributed by atoms with Gasteiger partial charge in [0.2, 0.25) is 0 Å². The van der Waals surface area contributed by atoms with Gasteiger partial charge >= 0.3 is 0 Å². The Balaban J connectivity index is 1.94. The molecule has 0 fully saturated rings. The highest BCUT2D eigenvalue weighted by Crippen LogP contribution is 2.29. The molecule has 2 rings (SSSR count). The van der Waals surface area contributed by atoms with Gasteiger partial charge in [0.15, 0.2) is 6.54 Å².